The third kappa shape index (κ3) is 4.62. The monoisotopic (exact) mass is 464 g/mol. The number of fused-ring (bicyclic) bond motifs is 1. The second-order valence-electron chi connectivity index (χ2n) is 8.73. The second-order valence-corrected chi connectivity index (χ2v) is 9.29. The Bertz CT molecular complexity index is 1150. The molecule has 5 rings (SSSR count). The summed E-state index contributed by atoms with van der Waals surface area (Å²) in [7, 11) is 2.14. The zero-order chi connectivity index (χ0) is 22.9. The van der Waals surface area contributed by atoms with Crippen molar-refractivity contribution in [1.82, 2.24) is 20.2 Å². The molecular formula is C24H28N6O2S. The Morgan fingerprint density at radius 2 is 1.91 bits per heavy atom. The number of rotatable bonds is 6. The van der Waals surface area contributed by atoms with Crippen molar-refractivity contribution < 1.29 is 9.53 Å². The van der Waals surface area contributed by atoms with Gasteiger partial charge < -0.3 is 25.7 Å². The maximum atomic E-state index is 12.2. The van der Waals surface area contributed by atoms with Gasteiger partial charge in [0, 0.05) is 13.1 Å². The highest BCUT2D eigenvalue weighted by atomic mass is 32.1. The molecule has 2 aliphatic heterocycles. The molecule has 9 heteroatoms. The van der Waals surface area contributed by atoms with Gasteiger partial charge in [-0.3, -0.25) is 4.79 Å². The van der Waals surface area contributed by atoms with Crippen LogP contribution in [0.2, 0.25) is 0 Å². The predicted molar refractivity (Wildman–Crippen MR) is 131 cm³/mol. The number of likely N-dealkylation sites (tertiary alicyclic amines) is 1. The van der Waals surface area contributed by atoms with Gasteiger partial charge in [-0.25, -0.2) is 4.98 Å². The largest absolute Gasteiger partial charge is 0.370 e. The van der Waals surface area contributed by atoms with E-state index in [-0.39, 0.29) is 24.1 Å². The van der Waals surface area contributed by atoms with E-state index in [1.807, 2.05) is 48.5 Å². The Morgan fingerprint density at radius 3 is 2.64 bits per heavy atom. The number of carbonyl (C=O) groups excluding carboxylic acids is 1. The predicted octanol–water partition coefficient (Wildman–Crippen LogP) is 2.55. The van der Waals surface area contributed by atoms with Crippen LogP contribution in [-0.4, -0.2) is 59.0 Å². The molecule has 0 spiro atoms. The number of aromatic amines is 1. The Morgan fingerprint density at radius 1 is 1.15 bits per heavy atom. The molecule has 1 saturated heterocycles. The van der Waals surface area contributed by atoms with Gasteiger partial charge in [0.25, 0.3) is 5.91 Å². The minimum atomic E-state index is -0.594. The molecule has 33 heavy (non-hydrogen) atoms. The number of aliphatic imine (C=N–C) groups is 1. The summed E-state index contributed by atoms with van der Waals surface area (Å²) in [6.07, 6.45) is 1.72. The molecular weight excluding hydrogens is 436 g/mol. The molecule has 3 aromatic rings. The van der Waals surface area contributed by atoms with Crippen LogP contribution in [0.5, 0.6) is 0 Å². The molecule has 2 aromatic carbocycles. The fraction of sp³-hybridized carbons (Fsp3) is 0.375. The molecule has 0 saturated carbocycles. The van der Waals surface area contributed by atoms with E-state index in [0.29, 0.717) is 0 Å². The molecule has 0 aliphatic carbocycles. The summed E-state index contributed by atoms with van der Waals surface area (Å²) in [5.41, 5.74) is 9.41. The molecule has 3 unspecified atom stereocenters. The third-order valence-corrected chi connectivity index (χ3v) is 6.92. The summed E-state index contributed by atoms with van der Waals surface area (Å²) in [4.78, 5) is 26.6. The topological polar surface area (TPSA) is 109 Å². The van der Waals surface area contributed by atoms with E-state index >= 15 is 0 Å². The van der Waals surface area contributed by atoms with Gasteiger partial charge >= 0.3 is 0 Å². The number of guanidine groups is 1. The maximum absolute atomic E-state index is 12.2. The zero-order valence-corrected chi connectivity index (χ0v) is 19.3. The van der Waals surface area contributed by atoms with E-state index in [1.165, 1.54) is 0 Å². The van der Waals surface area contributed by atoms with Gasteiger partial charge in [-0.1, -0.05) is 36.4 Å². The van der Waals surface area contributed by atoms with Crippen molar-refractivity contribution in [3.8, 4) is 0 Å². The average Bonchev–Trinajstić information content (AvgIpc) is 3.40. The molecule has 4 N–H and O–H groups in total. The third-order valence-electron chi connectivity index (χ3n) is 6.32. The lowest BCUT2D eigenvalue weighted by atomic mass is 9.99. The highest BCUT2D eigenvalue weighted by Crippen LogP contribution is 2.33. The van der Waals surface area contributed by atoms with Crippen LogP contribution >= 0.6 is 12.6 Å². The lowest BCUT2D eigenvalue weighted by Gasteiger charge is -2.31. The number of aromatic nitrogens is 2. The summed E-state index contributed by atoms with van der Waals surface area (Å²) < 4.78 is 6.67. The van der Waals surface area contributed by atoms with E-state index in [0.717, 1.165) is 53.9 Å². The number of hydrogen-bond donors (Lipinski definition) is 4. The number of para-hydroxylation sites is 2. The van der Waals surface area contributed by atoms with E-state index in [4.69, 9.17) is 28.1 Å². The summed E-state index contributed by atoms with van der Waals surface area (Å²) in [6, 6.07) is 15.4. The fourth-order valence-corrected chi connectivity index (χ4v) is 4.83. The fourth-order valence-electron chi connectivity index (χ4n) is 4.47. The number of piperidine rings is 1. The van der Waals surface area contributed by atoms with Gasteiger partial charge in [0.2, 0.25) is 0 Å². The lowest BCUT2D eigenvalue weighted by molar-refractivity contribution is -0.118. The van der Waals surface area contributed by atoms with Crippen LogP contribution in [0, 0.1) is 0 Å². The normalized spacial score (nSPS) is 21.7. The number of imidazole rings is 1. The smallest absolute Gasteiger partial charge is 0.272 e. The highest BCUT2D eigenvalue weighted by Gasteiger charge is 2.33. The number of ether oxygens (including phenoxy) is 1. The molecule has 1 fully saturated rings. The van der Waals surface area contributed by atoms with Crippen molar-refractivity contribution in [2.24, 2.45) is 10.7 Å². The Hall–Kier alpha value is -2.88. The zero-order valence-electron chi connectivity index (χ0n) is 18.4. The van der Waals surface area contributed by atoms with Crippen molar-refractivity contribution >= 4 is 35.5 Å². The number of amides is 1. The molecule has 8 nitrogen and oxygen atoms in total. The van der Waals surface area contributed by atoms with Crippen LogP contribution in [-0.2, 0) is 9.53 Å². The van der Waals surface area contributed by atoms with Crippen LogP contribution in [0.3, 0.4) is 0 Å². The van der Waals surface area contributed by atoms with Crippen LogP contribution in [0.1, 0.15) is 41.1 Å². The van der Waals surface area contributed by atoms with Crippen molar-refractivity contribution in [3.63, 3.8) is 0 Å². The van der Waals surface area contributed by atoms with E-state index in [1.54, 1.807) is 0 Å². The van der Waals surface area contributed by atoms with Crippen LogP contribution in [0.25, 0.3) is 11.0 Å². The Kier molecular flexibility index (Phi) is 6.09. The molecule has 3 heterocycles. The van der Waals surface area contributed by atoms with E-state index in [2.05, 4.69) is 27.2 Å². The van der Waals surface area contributed by atoms with Gasteiger partial charge in [-0.2, -0.15) is 17.6 Å². The molecule has 172 valence electrons. The SMILES string of the molecule is CN1CCC(OC(c2cccc(C(S)C3NC(N)=NC3=O)c2)c2nc3ccccc3[nH]2)CC1. The number of nitrogens with zero attached hydrogens (tertiary/aromatic N) is 3. The number of nitrogens with two attached hydrogens (primary N) is 1. The number of nitrogens with one attached hydrogen (secondary N) is 2. The molecule has 1 aromatic heterocycles. The number of benzene rings is 2. The van der Waals surface area contributed by atoms with E-state index in [9.17, 15) is 4.79 Å². The first kappa shape index (κ1) is 21.9. The van der Waals surface area contributed by atoms with Gasteiger partial charge in [-0.05, 0) is 43.1 Å². The van der Waals surface area contributed by atoms with Crippen molar-refractivity contribution in [2.45, 2.75) is 36.3 Å². The minimum Gasteiger partial charge on any atom is -0.370 e. The molecule has 0 radical (unpaired) electrons. The van der Waals surface area contributed by atoms with Crippen molar-refractivity contribution in [1.29, 1.82) is 0 Å². The first-order valence-corrected chi connectivity index (χ1v) is 11.7. The summed E-state index contributed by atoms with van der Waals surface area (Å²) in [5, 5.41) is 2.52. The summed E-state index contributed by atoms with van der Waals surface area (Å²) in [6.45, 7) is 2.01. The first-order valence-electron chi connectivity index (χ1n) is 11.2. The molecule has 2 aliphatic rings. The van der Waals surface area contributed by atoms with Gasteiger partial charge in [0.15, 0.2) is 5.96 Å². The first-order chi connectivity index (χ1) is 16.0. The van der Waals surface area contributed by atoms with Gasteiger partial charge in [0.05, 0.1) is 22.4 Å². The number of H-pyrrole nitrogens is 1. The maximum Gasteiger partial charge on any atom is 0.272 e. The lowest BCUT2D eigenvalue weighted by Crippen LogP contribution is -2.39. The summed E-state index contributed by atoms with van der Waals surface area (Å²) >= 11 is 4.72. The number of hydrogen-bond acceptors (Lipinski definition) is 7. The quantitative estimate of drug-likeness (QED) is 0.418. The summed E-state index contributed by atoms with van der Waals surface area (Å²) in [5.74, 6) is 0.589. The number of thiol groups is 1. The second kappa shape index (κ2) is 9.17. The Labute approximate surface area is 198 Å². The van der Waals surface area contributed by atoms with E-state index < -0.39 is 11.3 Å². The van der Waals surface area contributed by atoms with Crippen LogP contribution < -0.4 is 11.1 Å². The van der Waals surface area contributed by atoms with Crippen LogP contribution in [0.15, 0.2) is 53.5 Å². The van der Waals surface area contributed by atoms with Gasteiger partial charge in [0.1, 0.15) is 18.0 Å². The van der Waals surface area contributed by atoms with Crippen molar-refractivity contribution in [2.75, 3.05) is 20.1 Å². The minimum absolute atomic E-state index is 0.131. The highest BCUT2D eigenvalue weighted by molar-refractivity contribution is 7.80. The standard InChI is InChI=1S/C24H28N6O2S/c1-30-11-9-16(10-12-30)32-20(22-26-17-7-2-3-8-18(17)27-22)14-5-4-6-15(13-14)21(33)19-23(31)29-24(25)28-19/h2-8,13,16,19-21,33H,9-12H2,1H3,(H,26,27)(H3,25,28,29,31). The average molecular weight is 465 g/mol. The molecule has 3 atom stereocenters. The Balaban J connectivity index is 1.47. The number of carbonyl (C=O) groups is 1. The molecule has 0 bridgehead atoms. The van der Waals surface area contributed by atoms with Gasteiger partial charge in [-0.15, -0.1) is 0 Å². The molecule has 1 amide bonds. The van der Waals surface area contributed by atoms with Crippen molar-refractivity contribution in [3.05, 3.63) is 65.5 Å². The van der Waals surface area contributed by atoms with Crippen LogP contribution in [0.4, 0.5) is 0 Å².